The molecule has 2 aliphatic rings. The van der Waals surface area contributed by atoms with Gasteiger partial charge in [-0.15, -0.1) is 0 Å². The van der Waals surface area contributed by atoms with Crippen LogP contribution in [0.2, 0.25) is 0 Å². The highest BCUT2D eigenvalue weighted by atomic mass is 16.7. The van der Waals surface area contributed by atoms with E-state index in [0.29, 0.717) is 42.5 Å². The molecule has 5 rings (SSSR count). The quantitative estimate of drug-likeness (QED) is 0.358. The zero-order chi connectivity index (χ0) is 29.5. The molecule has 11 heteroatoms. The van der Waals surface area contributed by atoms with Crippen molar-refractivity contribution in [1.82, 2.24) is 10.2 Å². The third-order valence-electron chi connectivity index (χ3n) is 7.05. The van der Waals surface area contributed by atoms with E-state index in [0.717, 1.165) is 5.56 Å². The molecule has 0 saturated carbocycles. The number of amides is 4. The summed E-state index contributed by atoms with van der Waals surface area (Å²) in [6, 6.07) is 22.4. The molecular weight excluding hydrogens is 540 g/mol. The molecule has 0 radical (unpaired) electrons. The van der Waals surface area contributed by atoms with Crippen LogP contribution in [0.4, 0.5) is 11.4 Å². The van der Waals surface area contributed by atoms with E-state index in [-0.39, 0.29) is 37.9 Å². The fraction of sp³-hybridized carbons (Fsp3) is 0.290. The summed E-state index contributed by atoms with van der Waals surface area (Å²) in [5, 5.41) is 5.59. The highest BCUT2D eigenvalue weighted by molar-refractivity contribution is 5.93. The number of hydrogen-bond acceptors (Lipinski definition) is 7. The molecule has 0 aromatic heterocycles. The fourth-order valence-electron chi connectivity index (χ4n) is 5.01. The van der Waals surface area contributed by atoms with Gasteiger partial charge in [0.2, 0.25) is 24.1 Å². The monoisotopic (exact) mass is 572 g/mol. The van der Waals surface area contributed by atoms with E-state index in [4.69, 9.17) is 14.2 Å². The lowest BCUT2D eigenvalue weighted by Gasteiger charge is -2.26. The lowest BCUT2D eigenvalue weighted by Crippen LogP contribution is -2.49. The number of anilines is 2. The summed E-state index contributed by atoms with van der Waals surface area (Å²) < 4.78 is 17.4. The number of rotatable bonds is 10. The molecule has 2 N–H and O–H groups in total. The van der Waals surface area contributed by atoms with Crippen LogP contribution in [-0.4, -0.2) is 67.2 Å². The molecule has 1 spiro atoms. The van der Waals surface area contributed by atoms with Gasteiger partial charge in [0.25, 0.3) is 0 Å². The molecule has 2 aliphatic heterocycles. The maximum absolute atomic E-state index is 13.5. The minimum atomic E-state index is -1.06. The number of carbonyl (C=O) groups excluding carboxylic acids is 4. The van der Waals surface area contributed by atoms with Gasteiger partial charge in [-0.1, -0.05) is 30.3 Å². The van der Waals surface area contributed by atoms with E-state index in [1.165, 1.54) is 16.7 Å². The van der Waals surface area contributed by atoms with Gasteiger partial charge >= 0.3 is 0 Å². The molecule has 218 valence electrons. The second kappa shape index (κ2) is 12.8. The lowest BCUT2D eigenvalue weighted by molar-refractivity contribution is -0.152. The van der Waals surface area contributed by atoms with Crippen molar-refractivity contribution in [3.05, 3.63) is 84.4 Å². The molecule has 0 aliphatic carbocycles. The van der Waals surface area contributed by atoms with Crippen molar-refractivity contribution in [2.45, 2.75) is 31.7 Å². The average molecular weight is 573 g/mol. The number of para-hydroxylation sites is 1. The summed E-state index contributed by atoms with van der Waals surface area (Å²) in [7, 11) is 0. The Morgan fingerprint density at radius 1 is 0.976 bits per heavy atom. The summed E-state index contributed by atoms with van der Waals surface area (Å²) in [5.74, 6) is -0.735. The van der Waals surface area contributed by atoms with Gasteiger partial charge in [0.05, 0.1) is 19.8 Å². The van der Waals surface area contributed by atoms with Gasteiger partial charge in [0.1, 0.15) is 24.1 Å². The minimum Gasteiger partial charge on any atom is -0.457 e. The van der Waals surface area contributed by atoms with Crippen LogP contribution in [0, 0.1) is 0 Å². The van der Waals surface area contributed by atoms with E-state index in [9.17, 15) is 19.2 Å². The van der Waals surface area contributed by atoms with E-state index >= 15 is 0 Å². The van der Waals surface area contributed by atoms with Crippen molar-refractivity contribution in [2.24, 2.45) is 0 Å². The first-order chi connectivity index (χ1) is 20.3. The van der Waals surface area contributed by atoms with E-state index in [2.05, 4.69) is 10.6 Å². The Morgan fingerprint density at radius 2 is 1.64 bits per heavy atom. The van der Waals surface area contributed by atoms with Crippen LogP contribution in [0.25, 0.3) is 0 Å². The number of hydrogen-bond donors (Lipinski definition) is 2. The van der Waals surface area contributed by atoms with Gasteiger partial charge in [0, 0.05) is 31.3 Å². The molecule has 0 bridgehead atoms. The molecule has 42 heavy (non-hydrogen) atoms. The molecule has 2 saturated heterocycles. The third-order valence-corrected chi connectivity index (χ3v) is 7.05. The maximum Gasteiger partial charge on any atom is 0.243 e. The van der Waals surface area contributed by atoms with Crippen molar-refractivity contribution >= 4 is 35.5 Å². The molecule has 2 heterocycles. The van der Waals surface area contributed by atoms with E-state index in [1.54, 1.807) is 48.5 Å². The maximum atomic E-state index is 13.5. The average Bonchev–Trinajstić information content (AvgIpc) is 3.62. The second-order valence-corrected chi connectivity index (χ2v) is 10.1. The predicted molar refractivity (Wildman–Crippen MR) is 154 cm³/mol. The third kappa shape index (κ3) is 6.93. The van der Waals surface area contributed by atoms with Crippen LogP contribution in [0.3, 0.4) is 0 Å². The van der Waals surface area contributed by atoms with Gasteiger partial charge in [0.15, 0.2) is 5.79 Å². The van der Waals surface area contributed by atoms with Crippen LogP contribution in [-0.2, 0) is 35.2 Å². The van der Waals surface area contributed by atoms with Crippen LogP contribution in [0.15, 0.2) is 78.9 Å². The SMILES string of the molecule is CC(=O)Nc1ccc(CNC(=O)[C@@H]2CC3(CN2C(=O)CN(C=O)c2ccc(Oc4ccccc4)cc2)OCCO3)cc1. The summed E-state index contributed by atoms with van der Waals surface area (Å²) in [4.78, 5) is 52.8. The highest BCUT2D eigenvalue weighted by Crippen LogP contribution is 2.35. The number of nitrogens with one attached hydrogen (secondary N) is 2. The van der Waals surface area contributed by atoms with Crippen molar-refractivity contribution < 1.29 is 33.4 Å². The fourth-order valence-corrected chi connectivity index (χ4v) is 5.01. The normalized spacial score (nSPS) is 17.1. The summed E-state index contributed by atoms with van der Waals surface area (Å²) >= 11 is 0. The van der Waals surface area contributed by atoms with Gasteiger partial charge < -0.3 is 34.6 Å². The van der Waals surface area contributed by atoms with Crippen LogP contribution in [0.5, 0.6) is 11.5 Å². The molecule has 3 aromatic rings. The highest BCUT2D eigenvalue weighted by Gasteiger charge is 2.52. The van der Waals surface area contributed by atoms with Crippen molar-refractivity contribution in [3.63, 3.8) is 0 Å². The van der Waals surface area contributed by atoms with Crippen LogP contribution in [0.1, 0.15) is 18.9 Å². The Kier molecular flexibility index (Phi) is 8.80. The summed E-state index contributed by atoms with van der Waals surface area (Å²) in [6.45, 7) is 2.20. The number of nitrogens with zero attached hydrogens (tertiary/aromatic N) is 2. The number of ether oxygens (including phenoxy) is 3. The number of benzene rings is 3. The number of likely N-dealkylation sites (tertiary alicyclic amines) is 1. The van der Waals surface area contributed by atoms with Gasteiger partial charge in [-0.05, 0) is 54.1 Å². The molecule has 11 nitrogen and oxygen atoms in total. The molecule has 2 fully saturated rings. The summed E-state index contributed by atoms with van der Waals surface area (Å²) in [5.41, 5.74) is 1.98. The van der Waals surface area contributed by atoms with Crippen molar-refractivity contribution in [3.8, 4) is 11.5 Å². The Bertz CT molecular complexity index is 1410. The Hall–Kier alpha value is -4.74. The van der Waals surface area contributed by atoms with E-state index < -0.39 is 17.7 Å². The first-order valence-electron chi connectivity index (χ1n) is 13.6. The van der Waals surface area contributed by atoms with Gasteiger partial charge in [-0.3, -0.25) is 19.2 Å². The first-order valence-corrected chi connectivity index (χ1v) is 13.6. The van der Waals surface area contributed by atoms with Crippen LogP contribution < -0.4 is 20.3 Å². The smallest absolute Gasteiger partial charge is 0.243 e. The van der Waals surface area contributed by atoms with Gasteiger partial charge in [-0.25, -0.2) is 0 Å². The van der Waals surface area contributed by atoms with E-state index in [1.807, 2.05) is 30.3 Å². The van der Waals surface area contributed by atoms with Gasteiger partial charge in [-0.2, -0.15) is 0 Å². The Labute approximate surface area is 243 Å². The lowest BCUT2D eigenvalue weighted by atomic mass is 10.1. The van der Waals surface area contributed by atoms with Crippen molar-refractivity contribution in [2.75, 3.05) is 36.5 Å². The Balaban J connectivity index is 1.24. The molecular formula is C31H32N4O7. The zero-order valence-electron chi connectivity index (χ0n) is 23.2. The molecule has 3 aromatic carbocycles. The topological polar surface area (TPSA) is 127 Å². The molecule has 1 atom stereocenters. The largest absolute Gasteiger partial charge is 0.457 e. The first kappa shape index (κ1) is 28.8. The summed E-state index contributed by atoms with van der Waals surface area (Å²) in [6.07, 6.45) is 0.762. The predicted octanol–water partition coefficient (Wildman–Crippen LogP) is 3.06. The minimum absolute atomic E-state index is 0.0753. The molecule has 4 amide bonds. The van der Waals surface area contributed by atoms with Crippen molar-refractivity contribution in [1.29, 1.82) is 0 Å². The second-order valence-electron chi connectivity index (χ2n) is 10.1. The standard InChI is InChI=1S/C31H32N4O7/c1-22(37)33-24-9-7-23(8-10-24)18-32-30(39)28-17-31(40-15-16-41-31)20-35(28)29(38)19-34(21-36)25-11-13-27(14-12-25)42-26-5-3-2-4-6-26/h2-14,21,28H,15-20H2,1H3,(H,32,39)(H,33,37)/t28-/m0/s1. The molecule has 0 unspecified atom stereocenters. The zero-order valence-corrected chi connectivity index (χ0v) is 23.2. The number of carbonyl (C=O) groups is 4. The van der Waals surface area contributed by atoms with Crippen LogP contribution >= 0.6 is 0 Å². The Morgan fingerprint density at radius 3 is 2.29 bits per heavy atom.